The Morgan fingerprint density at radius 1 is 1.27 bits per heavy atom. The molecule has 6 nitrogen and oxygen atoms in total. The van der Waals surface area contributed by atoms with Crippen molar-refractivity contribution in [3.63, 3.8) is 0 Å². The van der Waals surface area contributed by atoms with E-state index >= 15 is 0 Å². The number of nitrogens with two attached hydrogens (primary N) is 1. The van der Waals surface area contributed by atoms with Gasteiger partial charge in [-0.25, -0.2) is 9.67 Å². The summed E-state index contributed by atoms with van der Waals surface area (Å²) in [5.41, 5.74) is 5.88. The Morgan fingerprint density at radius 2 is 2.00 bits per heavy atom. The molecule has 0 aliphatic heterocycles. The van der Waals surface area contributed by atoms with Gasteiger partial charge in [-0.15, -0.1) is 0 Å². The topological polar surface area (TPSA) is 85.8 Å². The van der Waals surface area contributed by atoms with Crippen LogP contribution in [0.3, 0.4) is 0 Å². The highest BCUT2D eigenvalue weighted by molar-refractivity contribution is 6.33. The van der Waals surface area contributed by atoms with Crippen molar-refractivity contribution < 1.29 is 18.0 Å². The fourth-order valence-electron chi connectivity index (χ4n) is 3.08. The van der Waals surface area contributed by atoms with E-state index in [9.17, 15) is 18.0 Å². The maximum atomic E-state index is 13.2. The van der Waals surface area contributed by atoms with E-state index in [0.29, 0.717) is 16.4 Å². The number of hydrogen-bond donors (Lipinski definition) is 2. The third-order valence-corrected chi connectivity index (χ3v) is 4.91. The Morgan fingerprint density at radius 3 is 2.60 bits per heavy atom. The molecule has 2 aromatic carbocycles. The largest absolute Gasteiger partial charge is 0.416 e. The molecule has 0 saturated carbocycles. The lowest BCUT2D eigenvalue weighted by Gasteiger charge is -2.20. The summed E-state index contributed by atoms with van der Waals surface area (Å²) in [6, 6.07) is 9.21. The lowest BCUT2D eigenvalue weighted by Crippen LogP contribution is -2.42. The van der Waals surface area contributed by atoms with E-state index in [0.717, 1.165) is 6.07 Å². The number of halogens is 4. The molecule has 10 heteroatoms. The molecular formula is C20H19ClF3N5O. The van der Waals surface area contributed by atoms with Gasteiger partial charge < -0.3 is 11.1 Å². The third-order valence-electron chi connectivity index (χ3n) is 4.59. The average Bonchev–Trinajstić information content (AvgIpc) is 3.12. The molecule has 158 valence electrons. The van der Waals surface area contributed by atoms with Gasteiger partial charge in [-0.2, -0.15) is 18.3 Å². The number of rotatable bonds is 6. The lowest BCUT2D eigenvalue weighted by molar-refractivity contribution is -0.138. The Labute approximate surface area is 175 Å². The number of benzene rings is 2. The quantitative estimate of drug-likeness (QED) is 0.618. The number of carbonyl (C=O) groups is 1. The summed E-state index contributed by atoms with van der Waals surface area (Å²) in [6.45, 7) is -0.0251. The second kappa shape index (κ2) is 8.85. The van der Waals surface area contributed by atoms with Gasteiger partial charge in [0, 0.05) is 30.8 Å². The molecule has 1 heterocycles. The van der Waals surface area contributed by atoms with Crippen molar-refractivity contribution in [3.05, 3.63) is 70.5 Å². The summed E-state index contributed by atoms with van der Waals surface area (Å²) >= 11 is 6.30. The first-order chi connectivity index (χ1) is 14.2. The maximum Gasteiger partial charge on any atom is 0.416 e. The lowest BCUT2D eigenvalue weighted by atomic mass is 9.99. The van der Waals surface area contributed by atoms with Gasteiger partial charge in [0.25, 0.3) is 5.91 Å². The molecule has 3 N–H and O–H groups in total. The van der Waals surface area contributed by atoms with Crippen LogP contribution in [0.5, 0.6) is 0 Å². The zero-order valence-electron chi connectivity index (χ0n) is 15.9. The number of aromatic nitrogens is 3. The summed E-state index contributed by atoms with van der Waals surface area (Å²) in [7, 11) is 1.71. The SMILES string of the molecule is Cn1ncnc1-c1ccc(C(=O)NC(CN)Cc2ccccc2C(F)(F)F)cc1Cl. The van der Waals surface area contributed by atoms with E-state index in [2.05, 4.69) is 15.4 Å². The number of carbonyl (C=O) groups excluding carboxylic acids is 1. The molecule has 0 spiro atoms. The second-order valence-electron chi connectivity index (χ2n) is 6.67. The summed E-state index contributed by atoms with van der Waals surface area (Å²) in [6.07, 6.45) is -3.15. The third kappa shape index (κ3) is 4.80. The van der Waals surface area contributed by atoms with Crippen LogP contribution in [0.2, 0.25) is 5.02 Å². The summed E-state index contributed by atoms with van der Waals surface area (Å²) in [4.78, 5) is 16.7. The standard InChI is InChI=1S/C20H19ClF3N5O/c1-29-18(26-11-27-29)15-7-6-13(9-17(15)21)19(30)28-14(10-25)8-12-4-2-3-5-16(12)20(22,23)24/h2-7,9,11,14H,8,10,25H2,1H3,(H,28,30). The summed E-state index contributed by atoms with van der Waals surface area (Å²) < 4.78 is 41.2. The van der Waals surface area contributed by atoms with Crippen molar-refractivity contribution in [2.45, 2.75) is 18.6 Å². The highest BCUT2D eigenvalue weighted by Gasteiger charge is 2.33. The van der Waals surface area contributed by atoms with Crippen LogP contribution in [0.1, 0.15) is 21.5 Å². The number of nitrogens with zero attached hydrogens (tertiary/aromatic N) is 3. The van der Waals surface area contributed by atoms with Crippen molar-refractivity contribution in [2.75, 3.05) is 6.54 Å². The van der Waals surface area contributed by atoms with Gasteiger partial charge in [-0.3, -0.25) is 4.79 Å². The van der Waals surface area contributed by atoms with Gasteiger partial charge >= 0.3 is 6.18 Å². The Bertz CT molecular complexity index is 1050. The Kier molecular flexibility index (Phi) is 6.42. The number of amides is 1. The van der Waals surface area contributed by atoms with Crippen molar-refractivity contribution in [2.24, 2.45) is 12.8 Å². The minimum Gasteiger partial charge on any atom is -0.348 e. The first kappa shape index (κ1) is 21.8. The molecule has 1 amide bonds. The minimum atomic E-state index is -4.48. The Balaban J connectivity index is 1.77. The number of nitrogens with one attached hydrogen (secondary N) is 1. The van der Waals surface area contributed by atoms with Crippen molar-refractivity contribution in [1.29, 1.82) is 0 Å². The predicted octanol–water partition coefficient (Wildman–Crippen LogP) is 3.45. The zero-order valence-corrected chi connectivity index (χ0v) is 16.7. The van der Waals surface area contributed by atoms with E-state index in [-0.39, 0.29) is 24.1 Å². The first-order valence-corrected chi connectivity index (χ1v) is 9.38. The fraction of sp³-hybridized carbons (Fsp3) is 0.250. The Hall–Kier alpha value is -2.91. The van der Waals surface area contributed by atoms with Crippen LogP contribution < -0.4 is 11.1 Å². The van der Waals surface area contributed by atoms with Crippen LogP contribution >= 0.6 is 11.6 Å². The van der Waals surface area contributed by atoms with Crippen LogP contribution in [0, 0.1) is 0 Å². The van der Waals surface area contributed by atoms with Crippen molar-refractivity contribution >= 4 is 17.5 Å². The smallest absolute Gasteiger partial charge is 0.348 e. The van der Waals surface area contributed by atoms with E-state index < -0.39 is 23.7 Å². The molecule has 0 aliphatic rings. The van der Waals surface area contributed by atoms with E-state index in [4.69, 9.17) is 17.3 Å². The van der Waals surface area contributed by atoms with Crippen LogP contribution in [0.4, 0.5) is 13.2 Å². The molecular weight excluding hydrogens is 419 g/mol. The van der Waals surface area contributed by atoms with Crippen molar-refractivity contribution in [1.82, 2.24) is 20.1 Å². The van der Waals surface area contributed by atoms with Crippen LogP contribution in [0.15, 0.2) is 48.8 Å². The molecule has 0 aliphatic carbocycles. The molecule has 0 bridgehead atoms. The number of aryl methyl sites for hydroxylation is 1. The first-order valence-electron chi connectivity index (χ1n) is 9.00. The summed E-state index contributed by atoms with van der Waals surface area (Å²) in [5.74, 6) is 0.0527. The normalized spacial score (nSPS) is 12.6. The van der Waals surface area contributed by atoms with E-state index in [1.54, 1.807) is 23.9 Å². The van der Waals surface area contributed by atoms with Crippen molar-refractivity contribution in [3.8, 4) is 11.4 Å². The van der Waals surface area contributed by atoms with E-state index in [1.807, 2.05) is 0 Å². The van der Waals surface area contributed by atoms with Crippen LogP contribution in [-0.2, 0) is 19.6 Å². The molecule has 3 aromatic rings. The molecule has 30 heavy (non-hydrogen) atoms. The number of hydrogen-bond acceptors (Lipinski definition) is 4. The average molecular weight is 438 g/mol. The van der Waals surface area contributed by atoms with Gasteiger partial charge in [-0.1, -0.05) is 29.8 Å². The fourth-order valence-corrected chi connectivity index (χ4v) is 3.35. The zero-order chi connectivity index (χ0) is 21.9. The summed E-state index contributed by atoms with van der Waals surface area (Å²) in [5, 5.41) is 6.96. The van der Waals surface area contributed by atoms with Crippen LogP contribution in [0.25, 0.3) is 11.4 Å². The van der Waals surface area contributed by atoms with Gasteiger partial charge in [0.05, 0.1) is 10.6 Å². The predicted molar refractivity (Wildman–Crippen MR) is 107 cm³/mol. The van der Waals surface area contributed by atoms with Gasteiger partial charge in [0.15, 0.2) is 5.82 Å². The van der Waals surface area contributed by atoms with Gasteiger partial charge in [-0.05, 0) is 36.2 Å². The monoisotopic (exact) mass is 437 g/mol. The molecule has 1 atom stereocenters. The molecule has 0 saturated heterocycles. The molecule has 1 aromatic heterocycles. The molecule has 3 rings (SSSR count). The maximum absolute atomic E-state index is 13.2. The highest BCUT2D eigenvalue weighted by Crippen LogP contribution is 2.32. The second-order valence-corrected chi connectivity index (χ2v) is 7.07. The van der Waals surface area contributed by atoms with Gasteiger partial charge in [0.1, 0.15) is 6.33 Å². The minimum absolute atomic E-state index is 0.0251. The molecule has 1 unspecified atom stereocenters. The highest BCUT2D eigenvalue weighted by atomic mass is 35.5. The number of alkyl halides is 3. The van der Waals surface area contributed by atoms with Gasteiger partial charge in [0.2, 0.25) is 0 Å². The van der Waals surface area contributed by atoms with Crippen LogP contribution in [-0.4, -0.2) is 33.3 Å². The molecule has 0 fully saturated rings. The van der Waals surface area contributed by atoms with E-state index in [1.165, 1.54) is 30.6 Å². The molecule has 0 radical (unpaired) electrons.